The number of hydrogen-bond acceptors (Lipinski definition) is 1. The molecule has 11 aromatic rings. The summed E-state index contributed by atoms with van der Waals surface area (Å²) in [5.74, 6) is 0. The molecule has 0 aliphatic heterocycles. The lowest BCUT2D eigenvalue weighted by Crippen LogP contribution is -2.20. The summed E-state index contributed by atoms with van der Waals surface area (Å²) in [6.07, 6.45) is 0. The minimum absolute atomic E-state index is 0.0418. The molecule has 10 aromatic carbocycles. The third-order valence-corrected chi connectivity index (χ3v) is 16.8. The molecular formula is C76H82N2. The maximum absolute atomic E-state index is 2.66. The van der Waals surface area contributed by atoms with Crippen LogP contribution < -0.4 is 4.90 Å². The molecule has 1 aromatic heterocycles. The van der Waals surface area contributed by atoms with Crippen LogP contribution in [0.2, 0.25) is 0 Å². The molecule has 0 saturated carbocycles. The smallest absolute Gasteiger partial charge is 0.0543 e. The van der Waals surface area contributed by atoms with Crippen molar-refractivity contribution >= 4 is 71.2 Å². The molecule has 0 atom stereocenters. The molecule has 0 amide bonds. The second-order valence-corrected chi connectivity index (χ2v) is 28.9. The lowest BCUT2D eigenvalue weighted by atomic mass is 9.77. The first-order chi connectivity index (χ1) is 36.5. The van der Waals surface area contributed by atoms with E-state index in [0.717, 1.165) is 5.69 Å². The Morgan fingerprint density at radius 3 is 1.23 bits per heavy atom. The van der Waals surface area contributed by atoms with Crippen molar-refractivity contribution in [1.82, 2.24) is 4.57 Å². The maximum atomic E-state index is 2.66. The van der Waals surface area contributed by atoms with Crippen LogP contribution in [0.3, 0.4) is 0 Å². The Balaban J connectivity index is 1.28. The van der Waals surface area contributed by atoms with E-state index in [1.165, 1.54) is 127 Å². The van der Waals surface area contributed by atoms with Crippen LogP contribution in [-0.4, -0.2) is 4.57 Å². The van der Waals surface area contributed by atoms with Gasteiger partial charge in [-0.05, 0) is 153 Å². The van der Waals surface area contributed by atoms with Gasteiger partial charge in [-0.1, -0.05) is 246 Å². The highest BCUT2D eigenvalue weighted by molar-refractivity contribution is 6.27. The minimum Gasteiger partial charge on any atom is -0.309 e. The Hall–Kier alpha value is -7.16. The number of nitrogens with zero attached hydrogens (tertiary/aromatic N) is 2. The van der Waals surface area contributed by atoms with Crippen LogP contribution in [-0.2, 0) is 32.5 Å². The Kier molecular flexibility index (Phi) is 12.3. The second kappa shape index (κ2) is 18.2. The molecule has 11 rings (SSSR count). The number of hydrogen-bond donors (Lipinski definition) is 0. The molecule has 0 saturated heterocycles. The van der Waals surface area contributed by atoms with Crippen molar-refractivity contribution < 1.29 is 0 Å². The monoisotopic (exact) mass is 1020 g/mol. The normalized spacial score (nSPS) is 13.3. The summed E-state index contributed by atoms with van der Waals surface area (Å²) in [7, 11) is 0. The average molecular weight is 1020 g/mol. The number of aromatic nitrogens is 1. The highest BCUT2D eigenvalue weighted by Gasteiger charge is 2.31. The number of para-hydroxylation sites is 2. The molecule has 2 heteroatoms. The van der Waals surface area contributed by atoms with Gasteiger partial charge in [0.15, 0.2) is 0 Å². The van der Waals surface area contributed by atoms with Crippen molar-refractivity contribution in [1.29, 1.82) is 0 Å². The minimum atomic E-state index is -0.132. The van der Waals surface area contributed by atoms with Gasteiger partial charge in [0.2, 0.25) is 0 Å². The van der Waals surface area contributed by atoms with E-state index in [1.54, 1.807) is 0 Å². The quantitative estimate of drug-likeness (QED) is 0.151. The molecule has 0 N–H and O–H groups in total. The zero-order valence-corrected chi connectivity index (χ0v) is 50.1. The highest BCUT2D eigenvalue weighted by atomic mass is 15.1. The van der Waals surface area contributed by atoms with E-state index in [-0.39, 0.29) is 32.5 Å². The standard InChI is InChI=1S/C76H82N2/c1-71(2,3)50-31-35-57(49-39-52(73(7,8)9)41-53(40-49)74(10,11)12)63(45-50)60-36-32-51(72(4,5)6)46-68(60)77(56-43-54(75(13,14)15)42-55(44-56)76(16,17)18)66-37-29-47-28-34-62-67(38-30-48-27-33-61(66)69(47)70(48)62)78-64-25-21-19-23-58(64)59-24-20-22-26-65(59)78/h19-46H,1-18H3. The van der Waals surface area contributed by atoms with Crippen molar-refractivity contribution in [3.8, 4) is 27.9 Å². The Bertz CT molecular complexity index is 4010. The van der Waals surface area contributed by atoms with E-state index < -0.39 is 0 Å². The Labute approximate surface area is 466 Å². The van der Waals surface area contributed by atoms with Crippen molar-refractivity contribution in [3.63, 3.8) is 0 Å². The average Bonchev–Trinajstić information content (AvgIpc) is 3.64. The summed E-state index contributed by atoms with van der Waals surface area (Å²) in [6, 6.07) is 66.4. The van der Waals surface area contributed by atoms with Gasteiger partial charge >= 0.3 is 0 Å². The van der Waals surface area contributed by atoms with Gasteiger partial charge in [-0.15, -0.1) is 0 Å². The molecule has 0 radical (unpaired) electrons. The van der Waals surface area contributed by atoms with Crippen LogP contribution >= 0.6 is 0 Å². The van der Waals surface area contributed by atoms with Crippen molar-refractivity contribution in [2.24, 2.45) is 0 Å². The molecule has 0 unspecified atom stereocenters. The summed E-state index contributed by atoms with van der Waals surface area (Å²) in [4.78, 5) is 2.66. The van der Waals surface area contributed by atoms with Crippen molar-refractivity contribution in [3.05, 3.63) is 203 Å². The van der Waals surface area contributed by atoms with E-state index in [1.807, 2.05) is 0 Å². The summed E-state index contributed by atoms with van der Waals surface area (Å²) in [6.45, 7) is 42.4. The molecule has 0 aliphatic rings. The fourth-order valence-electron chi connectivity index (χ4n) is 11.9. The molecule has 396 valence electrons. The van der Waals surface area contributed by atoms with Gasteiger partial charge in [-0.3, -0.25) is 0 Å². The molecule has 78 heavy (non-hydrogen) atoms. The van der Waals surface area contributed by atoms with E-state index in [0.29, 0.717) is 0 Å². The first kappa shape index (κ1) is 52.9. The molecule has 0 spiro atoms. The van der Waals surface area contributed by atoms with Gasteiger partial charge in [0.05, 0.1) is 28.1 Å². The fourth-order valence-corrected chi connectivity index (χ4v) is 11.9. The van der Waals surface area contributed by atoms with Crippen molar-refractivity contribution in [2.75, 3.05) is 4.90 Å². The second-order valence-electron chi connectivity index (χ2n) is 28.9. The van der Waals surface area contributed by atoms with Crippen LogP contribution in [0.4, 0.5) is 17.1 Å². The summed E-state index contributed by atoms with van der Waals surface area (Å²) in [5, 5.41) is 10.1. The predicted octanol–water partition coefficient (Wildman–Crippen LogP) is 22.3. The number of fused-ring (bicyclic) bond motifs is 3. The highest BCUT2D eigenvalue weighted by Crippen LogP contribution is 2.52. The fraction of sp³-hybridized carbons (Fsp3) is 0.316. The largest absolute Gasteiger partial charge is 0.309 e. The summed E-state index contributed by atoms with van der Waals surface area (Å²) >= 11 is 0. The third-order valence-electron chi connectivity index (χ3n) is 16.8. The van der Waals surface area contributed by atoms with Crippen LogP contribution in [0.5, 0.6) is 0 Å². The van der Waals surface area contributed by atoms with Gasteiger partial charge in [0.1, 0.15) is 0 Å². The first-order valence-electron chi connectivity index (χ1n) is 28.6. The SMILES string of the molecule is CC(C)(C)c1cc(-c2ccc(C(C)(C)C)cc2-c2ccc(C(C)(C)C)cc2N(c2cc(C(C)(C)C)cc(C(C)(C)C)c2)c2ccc3ccc4c(-n5c6ccccc6c6ccccc65)ccc5ccc2c3c54)cc(C(C)(C)C)c1. The predicted molar refractivity (Wildman–Crippen MR) is 342 cm³/mol. The van der Waals surface area contributed by atoms with Crippen LogP contribution in [0.1, 0.15) is 158 Å². The van der Waals surface area contributed by atoms with Gasteiger partial charge < -0.3 is 9.47 Å². The van der Waals surface area contributed by atoms with Gasteiger partial charge in [-0.25, -0.2) is 0 Å². The van der Waals surface area contributed by atoms with E-state index in [2.05, 4.69) is 304 Å². The maximum Gasteiger partial charge on any atom is 0.0543 e. The van der Waals surface area contributed by atoms with Gasteiger partial charge in [0.25, 0.3) is 0 Å². The lowest BCUT2D eigenvalue weighted by molar-refractivity contribution is 0.568. The van der Waals surface area contributed by atoms with Gasteiger partial charge in [0, 0.05) is 32.8 Å². The zero-order chi connectivity index (χ0) is 55.8. The van der Waals surface area contributed by atoms with E-state index in [4.69, 9.17) is 0 Å². The van der Waals surface area contributed by atoms with E-state index >= 15 is 0 Å². The van der Waals surface area contributed by atoms with Gasteiger partial charge in [-0.2, -0.15) is 0 Å². The molecular weight excluding hydrogens is 941 g/mol. The summed E-state index contributed by atoms with van der Waals surface area (Å²) < 4.78 is 2.49. The molecule has 0 bridgehead atoms. The lowest BCUT2D eigenvalue weighted by Gasteiger charge is -2.34. The van der Waals surface area contributed by atoms with Crippen LogP contribution in [0.25, 0.3) is 82.1 Å². The Morgan fingerprint density at radius 2 is 0.718 bits per heavy atom. The zero-order valence-electron chi connectivity index (χ0n) is 50.1. The van der Waals surface area contributed by atoms with E-state index in [9.17, 15) is 0 Å². The number of rotatable bonds is 6. The number of benzene rings is 10. The first-order valence-corrected chi connectivity index (χ1v) is 28.6. The molecule has 0 aliphatic carbocycles. The van der Waals surface area contributed by atoms with Crippen LogP contribution in [0.15, 0.2) is 170 Å². The molecule has 1 heterocycles. The Morgan fingerprint density at radius 1 is 0.295 bits per heavy atom. The topological polar surface area (TPSA) is 8.17 Å². The molecule has 0 fully saturated rings. The number of anilines is 3. The summed E-state index contributed by atoms with van der Waals surface area (Å²) in [5.41, 5.74) is 19.5. The third kappa shape index (κ3) is 9.27. The molecule has 2 nitrogen and oxygen atoms in total. The van der Waals surface area contributed by atoms with Crippen molar-refractivity contribution in [2.45, 2.75) is 157 Å². The van der Waals surface area contributed by atoms with Crippen LogP contribution in [0, 0.1) is 0 Å².